The van der Waals surface area contributed by atoms with Gasteiger partial charge in [-0.25, -0.2) is 19.9 Å². The van der Waals surface area contributed by atoms with Gasteiger partial charge in [0.15, 0.2) is 11.6 Å². The summed E-state index contributed by atoms with van der Waals surface area (Å²) in [7, 11) is 1.80. The van der Waals surface area contributed by atoms with Gasteiger partial charge in [-0.15, -0.1) is 0 Å². The molecule has 0 saturated heterocycles. The first-order valence-corrected chi connectivity index (χ1v) is 11.1. The van der Waals surface area contributed by atoms with Gasteiger partial charge in [0.2, 0.25) is 17.8 Å². The quantitative estimate of drug-likeness (QED) is 0.464. The van der Waals surface area contributed by atoms with E-state index >= 15 is 0 Å². The van der Waals surface area contributed by atoms with Gasteiger partial charge >= 0.3 is 0 Å². The van der Waals surface area contributed by atoms with Crippen molar-refractivity contribution in [3.05, 3.63) is 47.6 Å². The second-order valence-electron chi connectivity index (χ2n) is 8.59. The summed E-state index contributed by atoms with van der Waals surface area (Å²) in [5, 5.41) is 9.97. The lowest BCUT2D eigenvalue weighted by atomic mass is 10.1. The summed E-state index contributed by atoms with van der Waals surface area (Å²) in [6.45, 7) is 3.95. The molecule has 2 saturated carbocycles. The van der Waals surface area contributed by atoms with Crippen LogP contribution in [0.3, 0.4) is 0 Å². The van der Waals surface area contributed by atoms with E-state index in [2.05, 4.69) is 50.8 Å². The third kappa shape index (κ3) is 4.74. The van der Waals surface area contributed by atoms with Crippen molar-refractivity contribution in [2.24, 2.45) is 11.8 Å². The zero-order valence-corrected chi connectivity index (χ0v) is 18.6. The number of aromatic nitrogens is 7. The fourth-order valence-corrected chi connectivity index (χ4v) is 3.78. The molecular weight excluding hydrogens is 404 g/mol. The first-order chi connectivity index (χ1) is 15.6. The number of anilines is 3. The van der Waals surface area contributed by atoms with Gasteiger partial charge in [0.05, 0.1) is 12.1 Å². The Kier molecular flexibility index (Phi) is 5.50. The van der Waals surface area contributed by atoms with Crippen molar-refractivity contribution in [2.75, 3.05) is 23.0 Å². The molecule has 32 heavy (non-hydrogen) atoms. The summed E-state index contributed by atoms with van der Waals surface area (Å²) in [4.78, 5) is 32.0. The minimum Gasteiger partial charge on any atom is -0.357 e. The molecule has 2 fully saturated rings. The van der Waals surface area contributed by atoms with Gasteiger partial charge in [-0.3, -0.25) is 0 Å². The van der Waals surface area contributed by atoms with E-state index in [4.69, 9.17) is 0 Å². The lowest BCUT2D eigenvalue weighted by molar-refractivity contribution is 0.618. The Morgan fingerprint density at radius 1 is 0.688 bits per heavy atom. The first-order valence-electron chi connectivity index (χ1n) is 11.1. The first kappa shape index (κ1) is 20.5. The standard InChI is InChI=1S/C22H28N10/c1-12-8-10-24-18(26-12)16(14-4-5-14)28-21-30-20(23-3)31-22(32-21)29-17(15-6-7-15)19-25-11-9-13(2)27-19/h8-11,14-17H,4-7H2,1-3H3,(H3,23,28,29,30,31,32). The second kappa shape index (κ2) is 8.60. The van der Waals surface area contributed by atoms with Gasteiger partial charge in [0.25, 0.3) is 0 Å². The molecule has 0 bridgehead atoms. The average Bonchev–Trinajstić information content (AvgIpc) is 3.69. The predicted octanol–water partition coefficient (Wildman–Crippen LogP) is 3.24. The highest BCUT2D eigenvalue weighted by Gasteiger charge is 2.36. The maximum Gasteiger partial charge on any atom is 0.229 e. The maximum atomic E-state index is 4.68. The molecule has 5 rings (SSSR count). The molecule has 0 aromatic carbocycles. The molecule has 0 spiro atoms. The molecule has 166 valence electrons. The minimum atomic E-state index is -0.0332. The van der Waals surface area contributed by atoms with Crippen LogP contribution in [0.1, 0.15) is 60.8 Å². The molecule has 3 aromatic heterocycles. The van der Waals surface area contributed by atoms with Gasteiger partial charge in [-0.05, 0) is 63.5 Å². The van der Waals surface area contributed by atoms with Crippen molar-refractivity contribution in [3.63, 3.8) is 0 Å². The smallest absolute Gasteiger partial charge is 0.229 e. The minimum absolute atomic E-state index is 0.0332. The lowest BCUT2D eigenvalue weighted by Crippen LogP contribution is -2.21. The van der Waals surface area contributed by atoms with E-state index < -0.39 is 0 Å². The van der Waals surface area contributed by atoms with Gasteiger partial charge in [0, 0.05) is 30.8 Å². The van der Waals surface area contributed by atoms with E-state index in [1.54, 1.807) is 19.4 Å². The predicted molar refractivity (Wildman–Crippen MR) is 121 cm³/mol. The fraction of sp³-hybridized carbons (Fsp3) is 0.500. The third-order valence-corrected chi connectivity index (χ3v) is 5.80. The van der Waals surface area contributed by atoms with E-state index in [0.717, 1.165) is 48.7 Å². The number of rotatable bonds is 9. The van der Waals surface area contributed by atoms with Gasteiger partial charge in [-0.2, -0.15) is 15.0 Å². The number of hydrogen-bond acceptors (Lipinski definition) is 10. The van der Waals surface area contributed by atoms with Crippen LogP contribution in [0.25, 0.3) is 0 Å². The fourth-order valence-electron chi connectivity index (χ4n) is 3.78. The molecule has 2 aliphatic carbocycles. The van der Waals surface area contributed by atoms with Crippen LogP contribution in [0.4, 0.5) is 17.8 Å². The Morgan fingerprint density at radius 3 is 1.50 bits per heavy atom. The average molecular weight is 433 g/mol. The van der Waals surface area contributed by atoms with Crippen LogP contribution in [0.15, 0.2) is 24.5 Å². The molecule has 3 aromatic rings. The van der Waals surface area contributed by atoms with E-state index in [9.17, 15) is 0 Å². The van der Waals surface area contributed by atoms with Crippen LogP contribution in [-0.4, -0.2) is 41.9 Å². The molecule has 2 unspecified atom stereocenters. The Balaban J connectivity index is 1.42. The number of nitrogens with zero attached hydrogens (tertiary/aromatic N) is 7. The highest BCUT2D eigenvalue weighted by molar-refractivity contribution is 5.44. The van der Waals surface area contributed by atoms with Crippen LogP contribution in [-0.2, 0) is 0 Å². The molecule has 10 heteroatoms. The third-order valence-electron chi connectivity index (χ3n) is 5.80. The maximum absolute atomic E-state index is 4.68. The molecule has 10 nitrogen and oxygen atoms in total. The van der Waals surface area contributed by atoms with Crippen molar-refractivity contribution < 1.29 is 0 Å². The number of nitrogens with one attached hydrogen (secondary N) is 3. The number of hydrogen-bond donors (Lipinski definition) is 3. The van der Waals surface area contributed by atoms with Gasteiger partial charge in [-0.1, -0.05) is 0 Å². The van der Waals surface area contributed by atoms with Crippen LogP contribution in [0, 0.1) is 25.7 Å². The Bertz CT molecular complexity index is 1010. The molecule has 2 atom stereocenters. The van der Waals surface area contributed by atoms with E-state index in [1.807, 2.05) is 26.0 Å². The van der Waals surface area contributed by atoms with Gasteiger partial charge < -0.3 is 16.0 Å². The van der Waals surface area contributed by atoms with Gasteiger partial charge in [0.1, 0.15) is 0 Å². The van der Waals surface area contributed by atoms with E-state index in [-0.39, 0.29) is 12.1 Å². The van der Waals surface area contributed by atoms with Crippen molar-refractivity contribution in [1.29, 1.82) is 0 Å². The van der Waals surface area contributed by atoms with Crippen LogP contribution >= 0.6 is 0 Å². The largest absolute Gasteiger partial charge is 0.357 e. The molecule has 3 N–H and O–H groups in total. The van der Waals surface area contributed by atoms with Crippen LogP contribution in [0.5, 0.6) is 0 Å². The van der Waals surface area contributed by atoms with Crippen LogP contribution in [0.2, 0.25) is 0 Å². The monoisotopic (exact) mass is 432 g/mol. The topological polar surface area (TPSA) is 126 Å². The van der Waals surface area contributed by atoms with Crippen molar-refractivity contribution in [1.82, 2.24) is 34.9 Å². The molecule has 3 heterocycles. The summed E-state index contributed by atoms with van der Waals surface area (Å²) < 4.78 is 0. The Hall–Kier alpha value is -3.43. The summed E-state index contributed by atoms with van der Waals surface area (Å²) in [5.74, 6) is 3.98. The summed E-state index contributed by atoms with van der Waals surface area (Å²) in [5.41, 5.74) is 1.89. The summed E-state index contributed by atoms with van der Waals surface area (Å²) >= 11 is 0. The molecular formula is C22H28N10. The highest BCUT2D eigenvalue weighted by atomic mass is 15.3. The highest BCUT2D eigenvalue weighted by Crippen LogP contribution is 2.43. The molecule has 0 radical (unpaired) electrons. The van der Waals surface area contributed by atoms with Crippen LogP contribution < -0.4 is 16.0 Å². The zero-order chi connectivity index (χ0) is 22.1. The Morgan fingerprint density at radius 2 is 1.12 bits per heavy atom. The zero-order valence-electron chi connectivity index (χ0n) is 18.6. The van der Waals surface area contributed by atoms with E-state index in [1.165, 1.54) is 0 Å². The second-order valence-corrected chi connectivity index (χ2v) is 8.59. The SMILES string of the molecule is CNc1nc(NC(c2nccc(C)n2)C2CC2)nc(NC(c2nccc(C)n2)C2CC2)n1. The van der Waals surface area contributed by atoms with E-state index in [0.29, 0.717) is 29.7 Å². The van der Waals surface area contributed by atoms with Crippen molar-refractivity contribution in [3.8, 4) is 0 Å². The molecule has 0 aliphatic heterocycles. The lowest BCUT2D eigenvalue weighted by Gasteiger charge is -2.20. The number of aryl methyl sites for hydroxylation is 2. The molecule has 2 aliphatic rings. The Labute approximate surface area is 187 Å². The molecule has 0 amide bonds. The van der Waals surface area contributed by atoms with Crippen molar-refractivity contribution >= 4 is 17.8 Å². The summed E-state index contributed by atoms with van der Waals surface area (Å²) in [6.07, 6.45) is 8.15. The summed E-state index contributed by atoms with van der Waals surface area (Å²) in [6, 6.07) is 3.75. The normalized spacial score (nSPS) is 17.5. The van der Waals surface area contributed by atoms with Crippen molar-refractivity contribution in [2.45, 2.75) is 51.6 Å².